The lowest BCUT2D eigenvalue weighted by molar-refractivity contribution is -0.140. The minimum absolute atomic E-state index is 0.0452. The molecule has 3 aliphatic rings. The van der Waals surface area contributed by atoms with Crippen LogP contribution in [-0.2, 0) is 14.3 Å². The Bertz CT molecular complexity index is 1120. The highest BCUT2D eigenvalue weighted by atomic mass is 16.6. The van der Waals surface area contributed by atoms with E-state index in [0.29, 0.717) is 54.8 Å². The summed E-state index contributed by atoms with van der Waals surface area (Å²) in [4.78, 5) is 27.9. The molecule has 0 saturated carbocycles. The number of nitrogens with zero attached hydrogens (tertiary/aromatic N) is 1. The number of Topliss-reactive ketones (excluding diaryl/α,β-unsaturated/α-hetero) is 1. The number of carbonyl (C=O) groups excluding carboxylic acids is 2. The Balaban J connectivity index is 1.58. The quantitative estimate of drug-likeness (QED) is 0.397. The van der Waals surface area contributed by atoms with E-state index in [-0.39, 0.29) is 24.0 Å². The summed E-state index contributed by atoms with van der Waals surface area (Å²) >= 11 is 0. The molecule has 3 aliphatic heterocycles. The summed E-state index contributed by atoms with van der Waals surface area (Å²) in [5, 5.41) is 11.3. The fraction of sp³-hybridized carbons (Fsp3) is 0.385. The molecule has 0 unspecified atom stereocenters. The van der Waals surface area contributed by atoms with Crippen LogP contribution in [-0.4, -0.2) is 60.8 Å². The van der Waals surface area contributed by atoms with E-state index in [2.05, 4.69) is 0 Å². The molecule has 1 amide bonds. The predicted octanol–water partition coefficient (Wildman–Crippen LogP) is 3.46. The van der Waals surface area contributed by atoms with Crippen molar-refractivity contribution >= 4 is 17.4 Å². The van der Waals surface area contributed by atoms with Gasteiger partial charge in [-0.2, -0.15) is 0 Å². The molecule has 2 atom stereocenters. The van der Waals surface area contributed by atoms with E-state index in [1.165, 1.54) is 4.90 Å². The number of aliphatic hydroxyl groups excluding tert-OH is 1. The van der Waals surface area contributed by atoms with Crippen LogP contribution in [0.2, 0.25) is 0 Å². The summed E-state index contributed by atoms with van der Waals surface area (Å²) in [6.07, 6.45) is 1.60. The monoisotopic (exact) mass is 465 g/mol. The van der Waals surface area contributed by atoms with Crippen LogP contribution in [0.4, 0.5) is 0 Å². The van der Waals surface area contributed by atoms with Crippen molar-refractivity contribution in [3.05, 3.63) is 59.2 Å². The van der Waals surface area contributed by atoms with E-state index in [0.717, 1.165) is 12.8 Å². The Morgan fingerprint density at radius 3 is 2.53 bits per heavy atom. The maximum Gasteiger partial charge on any atom is 0.295 e. The zero-order valence-corrected chi connectivity index (χ0v) is 19.0. The SMILES string of the molecule is CCOc1ccc([C@@H]2C(=C(O)c3ccc4c(c3)OCCO4)C(=O)C(=O)N2C[C@H]2CCCO2)cc1. The molecule has 8 heteroatoms. The molecule has 2 aromatic rings. The second kappa shape index (κ2) is 9.38. The van der Waals surface area contributed by atoms with Crippen LogP contribution in [0.3, 0.4) is 0 Å². The first-order chi connectivity index (χ1) is 16.6. The normalized spacial score (nSPS) is 23.4. The second-order valence-corrected chi connectivity index (χ2v) is 8.45. The van der Waals surface area contributed by atoms with Crippen molar-refractivity contribution in [1.29, 1.82) is 0 Å². The Morgan fingerprint density at radius 2 is 1.82 bits per heavy atom. The fourth-order valence-electron chi connectivity index (χ4n) is 4.68. The number of ether oxygens (including phenoxy) is 4. The smallest absolute Gasteiger partial charge is 0.295 e. The Morgan fingerprint density at radius 1 is 1.06 bits per heavy atom. The first-order valence-electron chi connectivity index (χ1n) is 11.6. The third-order valence-electron chi connectivity index (χ3n) is 6.29. The third kappa shape index (κ3) is 4.09. The summed E-state index contributed by atoms with van der Waals surface area (Å²) < 4.78 is 22.5. The molecule has 2 saturated heterocycles. The number of fused-ring (bicyclic) bond motifs is 1. The minimum atomic E-state index is -0.743. The highest BCUT2D eigenvalue weighted by Crippen LogP contribution is 2.42. The van der Waals surface area contributed by atoms with Crippen LogP contribution >= 0.6 is 0 Å². The van der Waals surface area contributed by atoms with Gasteiger partial charge in [-0.3, -0.25) is 9.59 Å². The topological polar surface area (TPSA) is 94.5 Å². The summed E-state index contributed by atoms with van der Waals surface area (Å²) in [6, 6.07) is 11.5. The van der Waals surface area contributed by atoms with Crippen molar-refractivity contribution in [2.75, 3.05) is 33.0 Å². The molecular formula is C26H27NO7. The van der Waals surface area contributed by atoms with Crippen LogP contribution in [0.15, 0.2) is 48.0 Å². The predicted molar refractivity (Wildman–Crippen MR) is 123 cm³/mol. The van der Waals surface area contributed by atoms with Gasteiger partial charge in [0.25, 0.3) is 11.7 Å². The summed E-state index contributed by atoms with van der Waals surface area (Å²) in [6.45, 7) is 4.19. The average Bonchev–Trinajstić information content (AvgIpc) is 3.46. The van der Waals surface area contributed by atoms with E-state index in [1.54, 1.807) is 30.3 Å². The number of hydrogen-bond donors (Lipinski definition) is 1. The maximum absolute atomic E-state index is 13.2. The third-order valence-corrected chi connectivity index (χ3v) is 6.29. The number of likely N-dealkylation sites (tertiary alicyclic amines) is 1. The molecule has 34 heavy (non-hydrogen) atoms. The van der Waals surface area contributed by atoms with Crippen LogP contribution in [0.5, 0.6) is 17.2 Å². The van der Waals surface area contributed by atoms with Gasteiger partial charge in [0.15, 0.2) is 11.5 Å². The Labute approximate surface area is 197 Å². The second-order valence-electron chi connectivity index (χ2n) is 8.45. The number of rotatable bonds is 6. The van der Waals surface area contributed by atoms with E-state index in [4.69, 9.17) is 18.9 Å². The summed E-state index contributed by atoms with van der Waals surface area (Å²) in [5.41, 5.74) is 1.14. The van der Waals surface area contributed by atoms with Crippen LogP contribution < -0.4 is 14.2 Å². The van der Waals surface area contributed by atoms with Crippen molar-refractivity contribution in [2.45, 2.75) is 31.9 Å². The largest absolute Gasteiger partial charge is 0.507 e. The molecule has 0 radical (unpaired) electrons. The van der Waals surface area contributed by atoms with Crippen LogP contribution in [0, 0.1) is 0 Å². The number of ketones is 1. The molecule has 8 nitrogen and oxygen atoms in total. The first kappa shape index (κ1) is 22.3. The van der Waals surface area contributed by atoms with Gasteiger partial charge in [-0.1, -0.05) is 12.1 Å². The molecule has 3 heterocycles. The van der Waals surface area contributed by atoms with Gasteiger partial charge in [0.1, 0.15) is 24.7 Å². The standard InChI is InChI=1S/C26H27NO7/c1-2-31-18-8-5-16(6-9-18)23-22(25(29)26(30)27(23)15-19-4-3-11-32-19)24(28)17-7-10-20-21(14-17)34-13-12-33-20/h5-10,14,19,23,28H,2-4,11-13,15H2,1H3/t19-,23-/m1/s1. The molecule has 0 aliphatic carbocycles. The zero-order chi connectivity index (χ0) is 23.7. The van der Waals surface area contributed by atoms with Crippen molar-refractivity contribution in [2.24, 2.45) is 0 Å². The molecule has 0 aromatic heterocycles. The molecule has 5 rings (SSSR count). The van der Waals surface area contributed by atoms with Gasteiger partial charge >= 0.3 is 0 Å². The summed E-state index contributed by atoms with van der Waals surface area (Å²) in [5.74, 6) is 0.141. The number of benzene rings is 2. The van der Waals surface area contributed by atoms with Gasteiger partial charge in [-0.05, 0) is 55.7 Å². The molecule has 2 fully saturated rings. The number of hydrogen-bond acceptors (Lipinski definition) is 7. The van der Waals surface area contributed by atoms with Crippen LogP contribution in [0.25, 0.3) is 5.76 Å². The molecular weight excluding hydrogens is 438 g/mol. The van der Waals surface area contributed by atoms with Crippen molar-refractivity contribution < 1.29 is 33.6 Å². The highest BCUT2D eigenvalue weighted by molar-refractivity contribution is 6.46. The lowest BCUT2D eigenvalue weighted by atomic mass is 9.95. The van der Waals surface area contributed by atoms with Crippen molar-refractivity contribution in [3.8, 4) is 17.2 Å². The fourth-order valence-corrected chi connectivity index (χ4v) is 4.68. The number of amides is 1. The van der Waals surface area contributed by atoms with Gasteiger partial charge in [0.2, 0.25) is 0 Å². The van der Waals surface area contributed by atoms with E-state index < -0.39 is 17.7 Å². The van der Waals surface area contributed by atoms with Gasteiger partial charge in [0.05, 0.1) is 24.3 Å². The van der Waals surface area contributed by atoms with E-state index >= 15 is 0 Å². The molecule has 0 bridgehead atoms. The Hall–Kier alpha value is -3.52. The molecule has 1 N–H and O–H groups in total. The number of aliphatic hydroxyl groups is 1. The van der Waals surface area contributed by atoms with Gasteiger partial charge < -0.3 is 29.0 Å². The minimum Gasteiger partial charge on any atom is -0.507 e. The van der Waals surface area contributed by atoms with Gasteiger partial charge in [-0.15, -0.1) is 0 Å². The Kier molecular flexibility index (Phi) is 6.15. The van der Waals surface area contributed by atoms with Crippen LogP contribution in [0.1, 0.15) is 36.9 Å². The molecule has 2 aromatic carbocycles. The number of carbonyl (C=O) groups is 2. The molecule has 0 spiro atoms. The lowest BCUT2D eigenvalue weighted by Gasteiger charge is -2.27. The van der Waals surface area contributed by atoms with Gasteiger partial charge in [0, 0.05) is 18.7 Å². The zero-order valence-electron chi connectivity index (χ0n) is 19.0. The van der Waals surface area contributed by atoms with Crippen molar-refractivity contribution in [1.82, 2.24) is 4.90 Å². The van der Waals surface area contributed by atoms with Gasteiger partial charge in [-0.25, -0.2) is 0 Å². The molecule has 178 valence electrons. The average molecular weight is 466 g/mol. The first-order valence-corrected chi connectivity index (χ1v) is 11.6. The maximum atomic E-state index is 13.2. The lowest BCUT2D eigenvalue weighted by Crippen LogP contribution is -2.36. The van der Waals surface area contributed by atoms with E-state index in [9.17, 15) is 14.7 Å². The van der Waals surface area contributed by atoms with E-state index in [1.807, 2.05) is 19.1 Å². The van der Waals surface area contributed by atoms with Crippen molar-refractivity contribution in [3.63, 3.8) is 0 Å². The highest BCUT2D eigenvalue weighted by Gasteiger charge is 2.47. The summed E-state index contributed by atoms with van der Waals surface area (Å²) in [7, 11) is 0.